The molecule has 2 rings (SSSR count). The second kappa shape index (κ2) is 4.06. The van der Waals surface area contributed by atoms with Crippen LogP contribution in [0, 0.1) is 5.82 Å². The van der Waals surface area contributed by atoms with Crippen LogP contribution in [0.5, 0.6) is 0 Å². The van der Waals surface area contributed by atoms with E-state index in [0.29, 0.717) is 5.02 Å². The molecule has 1 aromatic carbocycles. The maximum atomic E-state index is 13.4. The summed E-state index contributed by atoms with van der Waals surface area (Å²) in [6, 6.07) is 5.39. The number of aromatic nitrogens is 2. The number of ketones is 1. The number of carbonyl (C=O) groups is 1. The molecule has 0 aliphatic rings. The molecule has 0 amide bonds. The minimum atomic E-state index is -0.597. The molecule has 0 radical (unpaired) electrons. The second-order valence-electron chi connectivity index (χ2n) is 3.33. The summed E-state index contributed by atoms with van der Waals surface area (Å²) in [5, 5.41) is 4.24. The van der Waals surface area contributed by atoms with E-state index < -0.39 is 11.6 Å². The fourth-order valence-electron chi connectivity index (χ4n) is 1.35. The molecule has 0 saturated heterocycles. The third-order valence-electron chi connectivity index (χ3n) is 2.12. The first kappa shape index (κ1) is 10.8. The number of benzene rings is 1. The van der Waals surface area contributed by atoms with Gasteiger partial charge < -0.3 is 0 Å². The molecule has 16 heavy (non-hydrogen) atoms. The molecule has 0 bridgehead atoms. The Hall–Kier alpha value is -1.68. The van der Waals surface area contributed by atoms with Gasteiger partial charge in [-0.25, -0.2) is 4.39 Å². The molecule has 82 valence electrons. The number of halogens is 2. The fraction of sp³-hybridized carbons (Fsp3) is 0.0909. The zero-order chi connectivity index (χ0) is 11.7. The van der Waals surface area contributed by atoms with Crippen molar-refractivity contribution in [3.05, 3.63) is 52.6 Å². The van der Waals surface area contributed by atoms with Gasteiger partial charge in [-0.05, 0) is 24.3 Å². The number of nitrogens with zero attached hydrogens (tertiary/aromatic N) is 2. The molecule has 0 fully saturated rings. The van der Waals surface area contributed by atoms with Gasteiger partial charge in [-0.1, -0.05) is 11.6 Å². The summed E-state index contributed by atoms with van der Waals surface area (Å²) in [4.78, 5) is 11.9. The van der Waals surface area contributed by atoms with E-state index in [-0.39, 0.29) is 11.3 Å². The molecule has 0 N–H and O–H groups in total. The molecule has 0 saturated carbocycles. The van der Waals surface area contributed by atoms with Gasteiger partial charge >= 0.3 is 0 Å². The number of aryl methyl sites for hydroxylation is 1. The summed E-state index contributed by atoms with van der Waals surface area (Å²) in [5.41, 5.74) is 0.134. The smallest absolute Gasteiger partial charge is 0.216 e. The first-order chi connectivity index (χ1) is 7.58. The zero-order valence-electron chi connectivity index (χ0n) is 8.45. The molecule has 0 unspecified atom stereocenters. The molecule has 1 heterocycles. The van der Waals surface area contributed by atoms with Crippen molar-refractivity contribution in [1.29, 1.82) is 0 Å². The molecule has 0 aliphatic heterocycles. The SMILES string of the molecule is Cn1ccc(C(=O)c2cc(Cl)ccc2F)n1. The van der Waals surface area contributed by atoms with Crippen LogP contribution >= 0.6 is 11.6 Å². The van der Waals surface area contributed by atoms with Crippen molar-refractivity contribution in [3.63, 3.8) is 0 Å². The van der Waals surface area contributed by atoms with Crippen LogP contribution < -0.4 is 0 Å². The lowest BCUT2D eigenvalue weighted by Gasteiger charge is -2.00. The molecule has 3 nitrogen and oxygen atoms in total. The number of rotatable bonds is 2. The highest BCUT2D eigenvalue weighted by atomic mass is 35.5. The van der Waals surface area contributed by atoms with Crippen molar-refractivity contribution in [3.8, 4) is 0 Å². The topological polar surface area (TPSA) is 34.9 Å². The van der Waals surface area contributed by atoms with E-state index in [1.54, 1.807) is 13.2 Å². The van der Waals surface area contributed by atoms with E-state index in [9.17, 15) is 9.18 Å². The molecule has 1 aromatic heterocycles. The molecule has 0 atom stereocenters. The van der Waals surface area contributed by atoms with E-state index >= 15 is 0 Å². The summed E-state index contributed by atoms with van der Waals surface area (Å²) in [7, 11) is 1.69. The number of hydrogen-bond donors (Lipinski definition) is 0. The van der Waals surface area contributed by atoms with Crippen LogP contribution in [0.2, 0.25) is 5.02 Å². The molecular weight excluding hydrogens is 231 g/mol. The quantitative estimate of drug-likeness (QED) is 0.754. The minimum Gasteiger partial charge on any atom is -0.287 e. The first-order valence-corrected chi connectivity index (χ1v) is 4.95. The Labute approximate surface area is 96.5 Å². The molecular formula is C11H8ClFN2O. The standard InChI is InChI=1S/C11H8ClFN2O/c1-15-5-4-10(14-15)11(16)8-6-7(12)2-3-9(8)13/h2-6H,1H3. The predicted octanol–water partition coefficient (Wildman–Crippen LogP) is 2.44. The van der Waals surface area contributed by atoms with Gasteiger partial charge in [0.1, 0.15) is 11.5 Å². The molecule has 2 aromatic rings. The largest absolute Gasteiger partial charge is 0.287 e. The van der Waals surface area contributed by atoms with Crippen LogP contribution in [-0.4, -0.2) is 15.6 Å². The summed E-state index contributed by atoms with van der Waals surface area (Å²) in [6.45, 7) is 0. The number of hydrogen-bond acceptors (Lipinski definition) is 2. The van der Waals surface area contributed by atoms with E-state index in [1.807, 2.05) is 0 Å². The summed E-state index contributed by atoms with van der Waals surface area (Å²) in [6.07, 6.45) is 1.62. The highest BCUT2D eigenvalue weighted by molar-refractivity contribution is 6.31. The normalized spacial score (nSPS) is 10.4. The third-order valence-corrected chi connectivity index (χ3v) is 2.35. The Balaban J connectivity index is 2.45. The molecule has 0 aliphatic carbocycles. The number of carbonyl (C=O) groups excluding carboxylic acids is 1. The monoisotopic (exact) mass is 238 g/mol. The van der Waals surface area contributed by atoms with E-state index in [4.69, 9.17) is 11.6 Å². The first-order valence-electron chi connectivity index (χ1n) is 4.57. The lowest BCUT2D eigenvalue weighted by Crippen LogP contribution is -2.05. The van der Waals surface area contributed by atoms with Crippen LogP contribution in [0.3, 0.4) is 0 Å². The van der Waals surface area contributed by atoms with Crippen LogP contribution in [-0.2, 0) is 7.05 Å². The summed E-state index contributed by atoms with van der Waals surface area (Å²) < 4.78 is 14.9. The Morgan fingerprint density at radius 3 is 2.81 bits per heavy atom. The van der Waals surface area contributed by atoms with Gasteiger partial charge in [0.25, 0.3) is 0 Å². The lowest BCUT2D eigenvalue weighted by molar-refractivity contribution is 0.103. The predicted molar refractivity (Wildman–Crippen MR) is 58.1 cm³/mol. The van der Waals surface area contributed by atoms with Crippen LogP contribution in [0.4, 0.5) is 4.39 Å². The highest BCUT2D eigenvalue weighted by Gasteiger charge is 2.16. The van der Waals surface area contributed by atoms with E-state index in [0.717, 1.165) is 0 Å². The summed E-state index contributed by atoms with van der Waals surface area (Å²) >= 11 is 5.71. The van der Waals surface area contributed by atoms with Gasteiger partial charge in [-0.2, -0.15) is 5.10 Å². The molecule has 5 heteroatoms. The zero-order valence-corrected chi connectivity index (χ0v) is 9.20. The average Bonchev–Trinajstić information content (AvgIpc) is 2.67. The summed E-state index contributed by atoms with van der Waals surface area (Å²) in [5.74, 6) is -1.07. The van der Waals surface area contributed by atoms with E-state index in [2.05, 4.69) is 5.10 Å². The van der Waals surface area contributed by atoms with Gasteiger partial charge in [0.15, 0.2) is 0 Å². The maximum Gasteiger partial charge on any atom is 0.216 e. The van der Waals surface area contributed by atoms with Crippen molar-refractivity contribution in [1.82, 2.24) is 9.78 Å². The Morgan fingerprint density at radius 2 is 2.19 bits per heavy atom. The highest BCUT2D eigenvalue weighted by Crippen LogP contribution is 2.17. The minimum absolute atomic E-state index is 0.0637. The van der Waals surface area contributed by atoms with Crippen molar-refractivity contribution in [2.45, 2.75) is 0 Å². The van der Waals surface area contributed by atoms with Crippen LogP contribution in [0.15, 0.2) is 30.5 Å². The Bertz CT molecular complexity index is 551. The van der Waals surface area contributed by atoms with Crippen LogP contribution in [0.25, 0.3) is 0 Å². The maximum absolute atomic E-state index is 13.4. The van der Waals surface area contributed by atoms with Crippen molar-refractivity contribution in [2.24, 2.45) is 7.05 Å². The molecule has 0 spiro atoms. The Morgan fingerprint density at radius 1 is 1.44 bits per heavy atom. The second-order valence-corrected chi connectivity index (χ2v) is 3.76. The fourth-order valence-corrected chi connectivity index (χ4v) is 1.52. The van der Waals surface area contributed by atoms with Gasteiger partial charge in [0, 0.05) is 18.3 Å². The van der Waals surface area contributed by atoms with Gasteiger partial charge in [-0.15, -0.1) is 0 Å². The van der Waals surface area contributed by atoms with Crippen LogP contribution in [0.1, 0.15) is 16.1 Å². The van der Waals surface area contributed by atoms with Crippen molar-refractivity contribution >= 4 is 17.4 Å². The average molecular weight is 239 g/mol. The lowest BCUT2D eigenvalue weighted by atomic mass is 10.1. The van der Waals surface area contributed by atoms with Gasteiger partial charge in [0.05, 0.1) is 5.56 Å². The van der Waals surface area contributed by atoms with Gasteiger partial charge in [-0.3, -0.25) is 9.48 Å². The van der Waals surface area contributed by atoms with Crippen molar-refractivity contribution in [2.75, 3.05) is 0 Å². The third kappa shape index (κ3) is 1.97. The van der Waals surface area contributed by atoms with Crippen molar-refractivity contribution < 1.29 is 9.18 Å². The Kier molecular flexibility index (Phi) is 2.75. The van der Waals surface area contributed by atoms with E-state index in [1.165, 1.54) is 28.9 Å². The van der Waals surface area contributed by atoms with Gasteiger partial charge in [0.2, 0.25) is 5.78 Å².